The highest BCUT2D eigenvalue weighted by Gasteiger charge is 2.06. The standard InChI is InChI=1S/C17H23NO2/c1-3-14(4-2)10-11-17(20)18-13-12-16(19)15-8-6-5-7-9-15/h3,5-11,16,19H,4,12-13H2,1-2H3,(H,18,20). The van der Waals surface area contributed by atoms with Crippen molar-refractivity contribution in [2.24, 2.45) is 0 Å². The van der Waals surface area contributed by atoms with E-state index in [9.17, 15) is 9.90 Å². The molecule has 0 bridgehead atoms. The van der Waals surface area contributed by atoms with Crippen molar-refractivity contribution in [1.29, 1.82) is 0 Å². The fraction of sp³-hybridized carbons (Fsp3) is 0.353. The van der Waals surface area contributed by atoms with E-state index in [0.717, 1.165) is 17.6 Å². The molecule has 1 aromatic carbocycles. The van der Waals surface area contributed by atoms with Crippen LogP contribution in [0, 0.1) is 0 Å². The zero-order valence-electron chi connectivity index (χ0n) is 12.2. The summed E-state index contributed by atoms with van der Waals surface area (Å²) < 4.78 is 0. The van der Waals surface area contributed by atoms with Crippen LogP contribution in [0.3, 0.4) is 0 Å². The zero-order chi connectivity index (χ0) is 14.8. The molecule has 20 heavy (non-hydrogen) atoms. The van der Waals surface area contributed by atoms with Gasteiger partial charge in [0.2, 0.25) is 5.91 Å². The van der Waals surface area contributed by atoms with E-state index in [1.807, 2.05) is 56.3 Å². The summed E-state index contributed by atoms with van der Waals surface area (Å²) in [5.74, 6) is -0.127. The first kappa shape index (κ1) is 16.2. The van der Waals surface area contributed by atoms with Crippen LogP contribution >= 0.6 is 0 Å². The molecule has 0 saturated heterocycles. The minimum Gasteiger partial charge on any atom is -0.388 e. The molecule has 0 aliphatic carbocycles. The summed E-state index contributed by atoms with van der Waals surface area (Å²) in [6.45, 7) is 4.46. The van der Waals surface area contributed by atoms with Gasteiger partial charge in [-0.15, -0.1) is 0 Å². The third kappa shape index (κ3) is 5.85. The van der Waals surface area contributed by atoms with E-state index in [4.69, 9.17) is 0 Å². The molecular weight excluding hydrogens is 250 g/mol. The predicted molar refractivity (Wildman–Crippen MR) is 82.2 cm³/mol. The van der Waals surface area contributed by atoms with Crippen molar-refractivity contribution < 1.29 is 9.90 Å². The van der Waals surface area contributed by atoms with E-state index in [1.165, 1.54) is 6.08 Å². The molecule has 0 spiro atoms. The Kier molecular flexibility index (Phi) is 7.36. The van der Waals surface area contributed by atoms with Crippen molar-refractivity contribution in [3.05, 3.63) is 59.7 Å². The molecule has 1 rings (SSSR count). The number of benzene rings is 1. The number of aliphatic hydroxyl groups excluding tert-OH is 1. The lowest BCUT2D eigenvalue weighted by Gasteiger charge is -2.10. The smallest absolute Gasteiger partial charge is 0.243 e. The maximum Gasteiger partial charge on any atom is 0.243 e. The maximum absolute atomic E-state index is 11.6. The number of amides is 1. The molecule has 0 radical (unpaired) electrons. The van der Waals surface area contributed by atoms with Gasteiger partial charge in [-0.05, 0) is 25.3 Å². The minimum absolute atomic E-state index is 0.127. The molecule has 3 nitrogen and oxygen atoms in total. The summed E-state index contributed by atoms with van der Waals surface area (Å²) in [5.41, 5.74) is 2.00. The van der Waals surface area contributed by atoms with Gasteiger partial charge >= 0.3 is 0 Å². The number of hydrogen-bond acceptors (Lipinski definition) is 2. The van der Waals surface area contributed by atoms with Gasteiger partial charge in [0, 0.05) is 12.6 Å². The van der Waals surface area contributed by atoms with Crippen LogP contribution in [0.4, 0.5) is 0 Å². The molecule has 2 N–H and O–H groups in total. The number of carbonyl (C=O) groups is 1. The number of rotatable bonds is 7. The molecule has 0 aliphatic heterocycles. The molecule has 1 unspecified atom stereocenters. The van der Waals surface area contributed by atoms with Gasteiger partial charge in [-0.3, -0.25) is 4.79 Å². The number of nitrogens with one attached hydrogen (secondary N) is 1. The molecule has 0 aromatic heterocycles. The molecule has 1 atom stereocenters. The highest BCUT2D eigenvalue weighted by atomic mass is 16.3. The molecule has 0 heterocycles. The number of aliphatic hydroxyl groups is 1. The third-order valence-corrected chi connectivity index (χ3v) is 3.13. The van der Waals surface area contributed by atoms with E-state index >= 15 is 0 Å². The van der Waals surface area contributed by atoms with Gasteiger partial charge in [0.1, 0.15) is 0 Å². The lowest BCUT2D eigenvalue weighted by Crippen LogP contribution is -2.23. The second-order valence-corrected chi connectivity index (χ2v) is 4.56. The van der Waals surface area contributed by atoms with Crippen LogP contribution in [0.2, 0.25) is 0 Å². The lowest BCUT2D eigenvalue weighted by atomic mass is 10.1. The first-order chi connectivity index (χ1) is 9.67. The lowest BCUT2D eigenvalue weighted by molar-refractivity contribution is -0.116. The highest BCUT2D eigenvalue weighted by molar-refractivity contribution is 5.87. The summed E-state index contributed by atoms with van der Waals surface area (Å²) in [5, 5.41) is 12.7. The Balaban J connectivity index is 2.32. The molecule has 0 saturated carbocycles. The Labute approximate surface area is 121 Å². The second kappa shape index (κ2) is 9.10. The fourth-order valence-corrected chi connectivity index (χ4v) is 1.83. The normalized spacial score (nSPS) is 13.4. The molecule has 1 aromatic rings. The predicted octanol–water partition coefficient (Wildman–Crippen LogP) is 3.14. The first-order valence-electron chi connectivity index (χ1n) is 7.01. The molecule has 0 fully saturated rings. The minimum atomic E-state index is -0.540. The van der Waals surface area contributed by atoms with Gasteiger partial charge in [-0.1, -0.05) is 55.0 Å². The van der Waals surface area contributed by atoms with Gasteiger partial charge < -0.3 is 10.4 Å². The Bertz CT molecular complexity index is 463. The largest absolute Gasteiger partial charge is 0.388 e. The van der Waals surface area contributed by atoms with Crippen LogP contribution in [-0.4, -0.2) is 17.6 Å². The van der Waals surface area contributed by atoms with Gasteiger partial charge in [0.25, 0.3) is 0 Å². The van der Waals surface area contributed by atoms with Crippen molar-refractivity contribution in [3.63, 3.8) is 0 Å². The van der Waals surface area contributed by atoms with Crippen LogP contribution in [0.25, 0.3) is 0 Å². The monoisotopic (exact) mass is 273 g/mol. The van der Waals surface area contributed by atoms with Crippen LogP contribution in [0.5, 0.6) is 0 Å². The van der Waals surface area contributed by atoms with E-state index in [-0.39, 0.29) is 5.91 Å². The maximum atomic E-state index is 11.6. The van der Waals surface area contributed by atoms with Crippen molar-refractivity contribution in [1.82, 2.24) is 5.32 Å². The van der Waals surface area contributed by atoms with Gasteiger partial charge in [0.15, 0.2) is 0 Å². The Morgan fingerprint density at radius 3 is 2.60 bits per heavy atom. The zero-order valence-corrected chi connectivity index (χ0v) is 12.2. The van der Waals surface area contributed by atoms with Crippen molar-refractivity contribution in [2.45, 2.75) is 32.8 Å². The second-order valence-electron chi connectivity index (χ2n) is 4.56. The molecule has 1 amide bonds. The fourth-order valence-electron chi connectivity index (χ4n) is 1.83. The van der Waals surface area contributed by atoms with Crippen LogP contribution in [-0.2, 0) is 4.79 Å². The topological polar surface area (TPSA) is 49.3 Å². The average Bonchev–Trinajstić information content (AvgIpc) is 2.49. The van der Waals surface area contributed by atoms with Crippen molar-refractivity contribution in [2.75, 3.05) is 6.54 Å². The Hall–Kier alpha value is -1.87. The van der Waals surface area contributed by atoms with Crippen molar-refractivity contribution >= 4 is 5.91 Å². The quantitative estimate of drug-likeness (QED) is 0.592. The highest BCUT2D eigenvalue weighted by Crippen LogP contribution is 2.14. The van der Waals surface area contributed by atoms with Gasteiger partial charge in [0.05, 0.1) is 6.10 Å². The van der Waals surface area contributed by atoms with Gasteiger partial charge in [-0.25, -0.2) is 0 Å². The average molecular weight is 273 g/mol. The summed E-state index contributed by atoms with van der Waals surface area (Å²) in [6, 6.07) is 9.46. The summed E-state index contributed by atoms with van der Waals surface area (Å²) in [7, 11) is 0. The molecule has 108 valence electrons. The first-order valence-corrected chi connectivity index (χ1v) is 7.01. The number of allylic oxidation sites excluding steroid dienone is 3. The van der Waals surface area contributed by atoms with E-state index in [0.29, 0.717) is 13.0 Å². The summed E-state index contributed by atoms with van der Waals surface area (Å²) in [4.78, 5) is 11.6. The van der Waals surface area contributed by atoms with E-state index in [1.54, 1.807) is 0 Å². The van der Waals surface area contributed by atoms with Crippen LogP contribution < -0.4 is 5.32 Å². The molecule has 0 aliphatic rings. The van der Waals surface area contributed by atoms with Crippen LogP contribution in [0.1, 0.15) is 38.4 Å². The number of hydrogen-bond donors (Lipinski definition) is 2. The number of carbonyl (C=O) groups excluding carboxylic acids is 1. The molecule has 3 heteroatoms. The summed E-state index contributed by atoms with van der Waals surface area (Å²) >= 11 is 0. The van der Waals surface area contributed by atoms with Crippen LogP contribution in [0.15, 0.2) is 54.1 Å². The van der Waals surface area contributed by atoms with E-state index in [2.05, 4.69) is 5.32 Å². The van der Waals surface area contributed by atoms with Gasteiger partial charge in [-0.2, -0.15) is 0 Å². The Morgan fingerprint density at radius 2 is 2.00 bits per heavy atom. The van der Waals surface area contributed by atoms with E-state index < -0.39 is 6.10 Å². The third-order valence-electron chi connectivity index (χ3n) is 3.13. The van der Waals surface area contributed by atoms with Crippen molar-refractivity contribution in [3.8, 4) is 0 Å². The Morgan fingerprint density at radius 1 is 1.30 bits per heavy atom. The summed E-state index contributed by atoms with van der Waals surface area (Å²) in [6.07, 6.45) is 6.22. The SMILES string of the molecule is CC=C(C=CC(=O)NCCC(O)c1ccccc1)CC. The molecular formula is C17H23NO2.